The maximum Gasteiger partial charge on any atom is 0.0595 e. The Kier molecular flexibility index (Phi) is 4.00. The highest BCUT2D eigenvalue weighted by atomic mass is 16.5. The van der Waals surface area contributed by atoms with E-state index in [0.717, 1.165) is 38.9 Å². The van der Waals surface area contributed by atoms with Gasteiger partial charge in [-0.1, -0.05) is 6.42 Å². The Morgan fingerprint density at radius 1 is 1.20 bits per heavy atom. The van der Waals surface area contributed by atoms with Crippen molar-refractivity contribution in [2.45, 2.75) is 44.3 Å². The second-order valence-corrected chi connectivity index (χ2v) is 4.99. The van der Waals surface area contributed by atoms with Gasteiger partial charge in [0.05, 0.1) is 12.2 Å². The third-order valence-corrected chi connectivity index (χ3v) is 3.98. The molecule has 2 fully saturated rings. The number of aliphatic hydroxyl groups is 1. The number of ether oxygens (including phenoxy) is 1. The molecule has 1 aliphatic carbocycles. The van der Waals surface area contributed by atoms with Crippen LogP contribution >= 0.6 is 0 Å². The Labute approximate surface area is 92.4 Å². The van der Waals surface area contributed by atoms with Crippen LogP contribution in [0.1, 0.15) is 32.1 Å². The fourth-order valence-corrected chi connectivity index (χ4v) is 2.89. The number of hydrogen-bond donors (Lipinski definition) is 1. The zero-order chi connectivity index (χ0) is 10.7. The topological polar surface area (TPSA) is 32.7 Å². The van der Waals surface area contributed by atoms with Crippen molar-refractivity contribution in [2.24, 2.45) is 5.92 Å². The lowest BCUT2D eigenvalue weighted by Gasteiger charge is -2.33. The molecule has 0 amide bonds. The zero-order valence-corrected chi connectivity index (χ0v) is 9.69. The van der Waals surface area contributed by atoms with E-state index < -0.39 is 0 Å². The molecule has 88 valence electrons. The molecule has 1 saturated heterocycles. The van der Waals surface area contributed by atoms with Crippen molar-refractivity contribution in [1.29, 1.82) is 0 Å². The molecule has 3 heteroatoms. The monoisotopic (exact) mass is 213 g/mol. The minimum Gasteiger partial charge on any atom is -0.393 e. The summed E-state index contributed by atoms with van der Waals surface area (Å²) in [4.78, 5) is 2.49. The van der Waals surface area contributed by atoms with Gasteiger partial charge in [0.1, 0.15) is 0 Å². The first-order valence-electron chi connectivity index (χ1n) is 6.23. The fraction of sp³-hybridized carbons (Fsp3) is 1.00. The summed E-state index contributed by atoms with van der Waals surface area (Å²) in [6.45, 7) is 3.38. The third kappa shape index (κ3) is 2.92. The number of piperidine rings is 1. The highest BCUT2D eigenvalue weighted by Crippen LogP contribution is 2.27. The van der Waals surface area contributed by atoms with Crippen LogP contribution in [0.25, 0.3) is 0 Å². The SMILES string of the molecule is COC1CCN(CC2CCCC2O)CC1. The van der Waals surface area contributed by atoms with Crippen LogP contribution < -0.4 is 0 Å². The molecule has 2 unspecified atom stereocenters. The van der Waals surface area contributed by atoms with Crippen LogP contribution in [0.15, 0.2) is 0 Å². The van der Waals surface area contributed by atoms with Crippen molar-refractivity contribution in [3.8, 4) is 0 Å². The van der Waals surface area contributed by atoms with E-state index in [4.69, 9.17) is 4.74 Å². The van der Waals surface area contributed by atoms with Crippen LogP contribution in [0, 0.1) is 5.92 Å². The minimum atomic E-state index is -0.0369. The molecule has 2 rings (SSSR count). The Morgan fingerprint density at radius 2 is 1.93 bits per heavy atom. The molecule has 1 aliphatic heterocycles. The van der Waals surface area contributed by atoms with Crippen molar-refractivity contribution in [3.05, 3.63) is 0 Å². The van der Waals surface area contributed by atoms with Gasteiger partial charge in [0, 0.05) is 26.7 Å². The lowest BCUT2D eigenvalue weighted by atomic mass is 10.0. The Morgan fingerprint density at radius 3 is 2.47 bits per heavy atom. The molecule has 1 N–H and O–H groups in total. The zero-order valence-electron chi connectivity index (χ0n) is 9.69. The summed E-state index contributed by atoms with van der Waals surface area (Å²) in [5, 5.41) is 9.77. The van der Waals surface area contributed by atoms with Crippen LogP contribution in [-0.2, 0) is 4.74 Å². The third-order valence-electron chi connectivity index (χ3n) is 3.98. The van der Waals surface area contributed by atoms with Gasteiger partial charge in [-0.2, -0.15) is 0 Å². The van der Waals surface area contributed by atoms with E-state index >= 15 is 0 Å². The molecule has 0 bridgehead atoms. The molecular formula is C12H23NO2. The quantitative estimate of drug-likeness (QED) is 0.766. The number of aliphatic hydroxyl groups excluding tert-OH is 1. The summed E-state index contributed by atoms with van der Waals surface area (Å²) in [5.41, 5.74) is 0. The summed E-state index contributed by atoms with van der Waals surface area (Å²) in [5.74, 6) is 0.532. The first-order valence-corrected chi connectivity index (χ1v) is 6.23. The molecule has 1 heterocycles. The maximum atomic E-state index is 9.77. The maximum absolute atomic E-state index is 9.77. The number of nitrogens with zero attached hydrogens (tertiary/aromatic N) is 1. The minimum absolute atomic E-state index is 0.0369. The second-order valence-electron chi connectivity index (χ2n) is 4.99. The van der Waals surface area contributed by atoms with Gasteiger partial charge in [-0.05, 0) is 31.6 Å². The van der Waals surface area contributed by atoms with Crippen molar-refractivity contribution < 1.29 is 9.84 Å². The molecule has 0 radical (unpaired) electrons. The largest absolute Gasteiger partial charge is 0.393 e. The van der Waals surface area contributed by atoms with E-state index in [1.807, 2.05) is 0 Å². The molecule has 2 aliphatic rings. The van der Waals surface area contributed by atoms with Crippen LogP contribution in [0.3, 0.4) is 0 Å². The van der Waals surface area contributed by atoms with Gasteiger partial charge < -0.3 is 14.7 Å². The highest BCUT2D eigenvalue weighted by molar-refractivity contribution is 4.81. The van der Waals surface area contributed by atoms with Crippen LogP contribution in [-0.4, -0.2) is 49.0 Å². The fourth-order valence-electron chi connectivity index (χ4n) is 2.89. The summed E-state index contributed by atoms with van der Waals surface area (Å²) in [6.07, 6.45) is 6.17. The normalized spacial score (nSPS) is 34.8. The van der Waals surface area contributed by atoms with Crippen molar-refractivity contribution in [2.75, 3.05) is 26.7 Å². The first-order chi connectivity index (χ1) is 7.29. The van der Waals surface area contributed by atoms with Gasteiger partial charge >= 0.3 is 0 Å². The second kappa shape index (κ2) is 5.28. The average molecular weight is 213 g/mol. The van der Waals surface area contributed by atoms with E-state index in [-0.39, 0.29) is 6.10 Å². The van der Waals surface area contributed by atoms with E-state index in [1.54, 1.807) is 7.11 Å². The number of hydrogen-bond acceptors (Lipinski definition) is 3. The summed E-state index contributed by atoms with van der Waals surface area (Å²) in [7, 11) is 1.81. The molecular weight excluding hydrogens is 190 g/mol. The van der Waals surface area contributed by atoms with Crippen molar-refractivity contribution in [1.82, 2.24) is 4.90 Å². The van der Waals surface area contributed by atoms with Crippen molar-refractivity contribution >= 4 is 0 Å². The van der Waals surface area contributed by atoms with Gasteiger partial charge in [-0.15, -0.1) is 0 Å². The van der Waals surface area contributed by atoms with Gasteiger partial charge in [0.15, 0.2) is 0 Å². The average Bonchev–Trinajstić information content (AvgIpc) is 2.66. The van der Waals surface area contributed by atoms with Gasteiger partial charge in [0.2, 0.25) is 0 Å². The number of likely N-dealkylation sites (tertiary alicyclic amines) is 1. The highest BCUT2D eigenvalue weighted by Gasteiger charge is 2.28. The smallest absolute Gasteiger partial charge is 0.0595 e. The summed E-state index contributed by atoms with van der Waals surface area (Å²) >= 11 is 0. The van der Waals surface area contributed by atoms with E-state index in [1.165, 1.54) is 12.8 Å². The predicted molar refractivity (Wildman–Crippen MR) is 59.8 cm³/mol. The van der Waals surface area contributed by atoms with E-state index in [0.29, 0.717) is 12.0 Å². The molecule has 1 saturated carbocycles. The van der Waals surface area contributed by atoms with Crippen molar-refractivity contribution in [3.63, 3.8) is 0 Å². The summed E-state index contributed by atoms with van der Waals surface area (Å²) < 4.78 is 5.35. The molecule has 2 atom stereocenters. The Bertz CT molecular complexity index is 190. The molecule has 3 nitrogen and oxygen atoms in total. The number of rotatable bonds is 3. The van der Waals surface area contributed by atoms with Gasteiger partial charge in [-0.25, -0.2) is 0 Å². The molecule has 0 aromatic heterocycles. The molecule has 15 heavy (non-hydrogen) atoms. The van der Waals surface area contributed by atoms with Gasteiger partial charge in [-0.3, -0.25) is 0 Å². The van der Waals surface area contributed by atoms with Gasteiger partial charge in [0.25, 0.3) is 0 Å². The molecule has 0 aromatic carbocycles. The van der Waals surface area contributed by atoms with E-state index in [2.05, 4.69) is 4.90 Å². The van der Waals surface area contributed by atoms with Crippen LogP contribution in [0.4, 0.5) is 0 Å². The molecule has 0 spiro atoms. The lowest BCUT2D eigenvalue weighted by molar-refractivity contribution is 0.0274. The standard InChI is InChI=1S/C12H23NO2/c1-15-11-5-7-13(8-6-11)9-10-3-2-4-12(10)14/h10-12,14H,2-9H2,1H3. The van der Waals surface area contributed by atoms with Crippen LogP contribution in [0.5, 0.6) is 0 Å². The summed E-state index contributed by atoms with van der Waals surface area (Å²) in [6, 6.07) is 0. The predicted octanol–water partition coefficient (Wildman–Crippen LogP) is 1.26. The lowest BCUT2D eigenvalue weighted by Crippen LogP contribution is -2.40. The van der Waals surface area contributed by atoms with E-state index in [9.17, 15) is 5.11 Å². The van der Waals surface area contributed by atoms with Crippen LogP contribution in [0.2, 0.25) is 0 Å². The number of methoxy groups -OCH3 is 1. The Balaban J connectivity index is 1.72. The molecule has 0 aromatic rings. The Hall–Kier alpha value is -0.120. The first kappa shape index (κ1) is 11.4.